The summed E-state index contributed by atoms with van der Waals surface area (Å²) in [6.45, 7) is -0.0116. The molecule has 2 amide bonds. The van der Waals surface area contributed by atoms with Gasteiger partial charge in [-0.3, -0.25) is 9.59 Å². The zero-order valence-electron chi connectivity index (χ0n) is 14.7. The molecule has 0 atom stereocenters. The average Bonchev–Trinajstić information content (AvgIpc) is 2.91. The van der Waals surface area contributed by atoms with Gasteiger partial charge in [0.1, 0.15) is 18.1 Å². The molecule has 1 saturated heterocycles. The number of amides is 2. The van der Waals surface area contributed by atoms with E-state index in [9.17, 15) is 27.5 Å². The van der Waals surface area contributed by atoms with Gasteiger partial charge in [0.2, 0.25) is 0 Å². The Morgan fingerprint density at radius 3 is 2.54 bits per heavy atom. The minimum Gasteiger partial charge on any atom is -0.506 e. The van der Waals surface area contributed by atoms with Crippen LogP contribution in [0.2, 0.25) is 0 Å². The van der Waals surface area contributed by atoms with Crippen LogP contribution >= 0.6 is 0 Å². The van der Waals surface area contributed by atoms with Crippen molar-refractivity contribution in [2.45, 2.75) is 12.8 Å². The summed E-state index contributed by atoms with van der Waals surface area (Å²) in [6, 6.07) is 9.72. The first kappa shape index (κ1) is 19.6. The molecule has 1 heterocycles. The van der Waals surface area contributed by atoms with Crippen molar-refractivity contribution in [1.29, 1.82) is 0 Å². The first-order chi connectivity index (χ1) is 13.3. The van der Waals surface area contributed by atoms with Crippen LogP contribution in [0.15, 0.2) is 42.5 Å². The second-order valence-electron chi connectivity index (χ2n) is 6.23. The van der Waals surface area contributed by atoms with E-state index in [4.69, 9.17) is 0 Å². The van der Waals surface area contributed by atoms with Crippen LogP contribution in [0, 0.1) is 5.82 Å². The summed E-state index contributed by atoms with van der Waals surface area (Å²) >= 11 is 0. The maximum absolute atomic E-state index is 12.9. The first-order valence-corrected chi connectivity index (χ1v) is 9.89. The number of hydrogen-bond donors (Lipinski definition) is 3. The van der Waals surface area contributed by atoms with Crippen LogP contribution in [0.25, 0.3) is 0 Å². The van der Waals surface area contributed by atoms with Gasteiger partial charge in [-0.25, -0.2) is 13.4 Å². The van der Waals surface area contributed by atoms with Crippen molar-refractivity contribution in [1.82, 2.24) is 10.0 Å². The van der Waals surface area contributed by atoms with Crippen molar-refractivity contribution < 1.29 is 27.5 Å². The van der Waals surface area contributed by atoms with Gasteiger partial charge >= 0.3 is 10.2 Å². The average molecular weight is 407 g/mol. The minimum absolute atomic E-state index is 0.0201. The van der Waals surface area contributed by atoms with Crippen LogP contribution in [0.5, 0.6) is 5.75 Å². The summed E-state index contributed by atoms with van der Waals surface area (Å²) in [6.07, 6.45) is 1.11. The van der Waals surface area contributed by atoms with Crippen LogP contribution in [-0.2, 0) is 21.4 Å². The quantitative estimate of drug-likeness (QED) is 0.620. The molecule has 8 nitrogen and oxygen atoms in total. The Balaban J connectivity index is 1.54. The Kier molecular flexibility index (Phi) is 5.50. The molecule has 1 aliphatic rings. The molecule has 10 heteroatoms. The highest BCUT2D eigenvalue weighted by atomic mass is 32.2. The topological polar surface area (TPSA) is 116 Å². The molecule has 0 saturated carbocycles. The third-order valence-electron chi connectivity index (χ3n) is 4.16. The number of aromatic hydroxyl groups is 1. The van der Waals surface area contributed by atoms with E-state index in [1.54, 1.807) is 6.07 Å². The third-order valence-corrected chi connectivity index (χ3v) is 5.55. The zero-order chi connectivity index (χ0) is 20.3. The summed E-state index contributed by atoms with van der Waals surface area (Å²) in [7, 11) is -3.98. The second kappa shape index (κ2) is 7.85. The molecule has 1 fully saturated rings. The van der Waals surface area contributed by atoms with Gasteiger partial charge in [-0.2, -0.15) is 8.42 Å². The highest BCUT2D eigenvalue weighted by molar-refractivity contribution is 7.92. The molecule has 0 spiro atoms. The van der Waals surface area contributed by atoms with Gasteiger partial charge in [0.15, 0.2) is 0 Å². The van der Waals surface area contributed by atoms with Crippen LogP contribution in [0.3, 0.4) is 0 Å². The van der Waals surface area contributed by atoms with E-state index in [0.29, 0.717) is 24.9 Å². The predicted molar refractivity (Wildman–Crippen MR) is 99.6 cm³/mol. The van der Waals surface area contributed by atoms with E-state index in [-0.39, 0.29) is 23.9 Å². The molecule has 0 aromatic heterocycles. The minimum atomic E-state index is -3.98. The molecular weight excluding hydrogens is 389 g/mol. The van der Waals surface area contributed by atoms with Gasteiger partial charge in [0.25, 0.3) is 11.8 Å². The second-order valence-corrected chi connectivity index (χ2v) is 7.82. The van der Waals surface area contributed by atoms with E-state index in [2.05, 4.69) is 5.32 Å². The number of anilines is 1. The number of rotatable bonds is 6. The van der Waals surface area contributed by atoms with E-state index in [1.165, 1.54) is 36.4 Å². The lowest BCUT2D eigenvalue weighted by molar-refractivity contribution is -0.117. The van der Waals surface area contributed by atoms with Crippen LogP contribution in [-0.4, -0.2) is 38.4 Å². The fraction of sp³-hybridized carbons (Fsp3) is 0.222. The normalized spacial score (nSPS) is 15.3. The zero-order valence-corrected chi connectivity index (χ0v) is 15.5. The lowest BCUT2D eigenvalue weighted by atomic mass is 10.1. The highest BCUT2D eigenvalue weighted by Gasteiger charge is 2.35. The molecule has 2 aromatic rings. The van der Waals surface area contributed by atoms with Crippen LogP contribution in [0.4, 0.5) is 10.1 Å². The number of hydrogen-bond acceptors (Lipinski definition) is 5. The SMILES string of the molecule is O=C1CN(c2ccc(CCCNC(=O)c3ccc(F)cc3)cc2O)S(=O)(=O)N1. The maximum Gasteiger partial charge on any atom is 0.326 e. The van der Waals surface area contributed by atoms with E-state index in [1.807, 2.05) is 4.72 Å². The molecule has 2 aromatic carbocycles. The van der Waals surface area contributed by atoms with Gasteiger partial charge in [0, 0.05) is 12.1 Å². The number of aryl methyl sites for hydroxylation is 1. The fourth-order valence-corrected chi connectivity index (χ4v) is 3.96. The number of carbonyl (C=O) groups excluding carboxylic acids is 2. The van der Waals surface area contributed by atoms with Gasteiger partial charge in [-0.1, -0.05) is 6.07 Å². The lowest BCUT2D eigenvalue weighted by Crippen LogP contribution is -2.29. The molecule has 28 heavy (non-hydrogen) atoms. The predicted octanol–water partition coefficient (Wildman–Crippen LogP) is 1.07. The number of benzene rings is 2. The first-order valence-electron chi connectivity index (χ1n) is 8.45. The fourth-order valence-electron chi connectivity index (χ4n) is 2.79. The molecule has 0 aliphatic carbocycles. The summed E-state index contributed by atoms with van der Waals surface area (Å²) < 4.78 is 39.2. The summed E-state index contributed by atoms with van der Waals surface area (Å²) in [5, 5.41) is 12.9. The Hall–Kier alpha value is -3.14. The summed E-state index contributed by atoms with van der Waals surface area (Å²) in [5.74, 6) is -1.65. The largest absolute Gasteiger partial charge is 0.506 e. The third kappa shape index (κ3) is 4.39. The van der Waals surface area contributed by atoms with Crippen molar-refractivity contribution in [3.8, 4) is 5.75 Å². The van der Waals surface area contributed by atoms with E-state index >= 15 is 0 Å². The summed E-state index contributed by atoms with van der Waals surface area (Å²) in [4.78, 5) is 23.2. The molecule has 148 valence electrons. The molecular formula is C18H18FN3O5S. The van der Waals surface area contributed by atoms with Crippen molar-refractivity contribution in [3.63, 3.8) is 0 Å². The molecule has 0 unspecified atom stereocenters. The molecule has 0 radical (unpaired) electrons. The van der Waals surface area contributed by atoms with Gasteiger partial charge in [-0.05, 0) is 54.8 Å². The van der Waals surface area contributed by atoms with Crippen molar-refractivity contribution in [3.05, 3.63) is 59.4 Å². The standard InChI is InChI=1S/C18H18FN3O5S/c19-14-6-4-13(5-7-14)18(25)20-9-1-2-12-3-8-15(16(23)10-12)22-11-17(24)21-28(22,26)27/h3-8,10,23H,1-2,9,11H2,(H,20,25)(H,21,24). The lowest BCUT2D eigenvalue weighted by Gasteiger charge is -2.16. The Labute approximate surface area is 161 Å². The monoisotopic (exact) mass is 407 g/mol. The Morgan fingerprint density at radius 2 is 1.93 bits per heavy atom. The van der Waals surface area contributed by atoms with E-state index in [0.717, 1.165) is 9.87 Å². The molecule has 0 bridgehead atoms. The number of phenols is 1. The maximum atomic E-state index is 12.9. The Morgan fingerprint density at radius 1 is 1.21 bits per heavy atom. The Bertz CT molecular complexity index is 1010. The van der Waals surface area contributed by atoms with Crippen molar-refractivity contribution in [2.24, 2.45) is 0 Å². The van der Waals surface area contributed by atoms with E-state index < -0.39 is 21.9 Å². The molecule has 1 aliphatic heterocycles. The number of halogens is 1. The highest BCUT2D eigenvalue weighted by Crippen LogP contribution is 2.31. The van der Waals surface area contributed by atoms with Gasteiger partial charge in [0.05, 0.1) is 5.69 Å². The van der Waals surface area contributed by atoms with Crippen molar-refractivity contribution in [2.75, 3.05) is 17.4 Å². The van der Waals surface area contributed by atoms with Crippen LogP contribution < -0.4 is 14.3 Å². The van der Waals surface area contributed by atoms with Gasteiger partial charge < -0.3 is 10.4 Å². The number of nitrogens with zero attached hydrogens (tertiary/aromatic N) is 1. The summed E-state index contributed by atoms with van der Waals surface area (Å²) in [5.41, 5.74) is 1.12. The molecule has 3 N–H and O–H groups in total. The number of nitrogens with one attached hydrogen (secondary N) is 2. The van der Waals surface area contributed by atoms with Crippen LogP contribution in [0.1, 0.15) is 22.3 Å². The van der Waals surface area contributed by atoms with Gasteiger partial charge in [-0.15, -0.1) is 0 Å². The number of carbonyl (C=O) groups is 2. The smallest absolute Gasteiger partial charge is 0.326 e. The molecule has 3 rings (SSSR count). The number of phenolic OH excluding ortho intramolecular Hbond substituents is 1. The van der Waals surface area contributed by atoms with Crippen molar-refractivity contribution >= 4 is 27.7 Å².